The summed E-state index contributed by atoms with van der Waals surface area (Å²) in [5.41, 5.74) is 5.09. The van der Waals surface area contributed by atoms with Gasteiger partial charge in [0.15, 0.2) is 0 Å². The summed E-state index contributed by atoms with van der Waals surface area (Å²) in [6.07, 6.45) is 6.30. The van der Waals surface area contributed by atoms with E-state index in [0.717, 1.165) is 5.57 Å². The molecule has 2 heteroatoms. The highest BCUT2D eigenvalue weighted by Gasteiger charge is 2.39. The van der Waals surface area contributed by atoms with Gasteiger partial charge in [0.2, 0.25) is 0 Å². The Bertz CT molecular complexity index is 493. The van der Waals surface area contributed by atoms with Crippen LogP contribution in [0.3, 0.4) is 0 Å². The molecule has 1 aromatic carbocycles. The number of halogens is 2. The Hall–Kier alpha value is -0.100. The molecule has 0 bridgehead atoms. The molecule has 16 heavy (non-hydrogen) atoms. The van der Waals surface area contributed by atoms with E-state index in [0.29, 0.717) is 0 Å². The zero-order valence-electron chi connectivity index (χ0n) is 9.00. The molecular formula is C14H12I2. The highest BCUT2D eigenvalue weighted by Crippen LogP contribution is 2.57. The molecule has 0 unspecified atom stereocenters. The van der Waals surface area contributed by atoms with Crippen LogP contribution in [-0.4, -0.2) is 0 Å². The zero-order valence-corrected chi connectivity index (χ0v) is 13.3. The fourth-order valence-corrected chi connectivity index (χ4v) is 3.85. The van der Waals surface area contributed by atoms with Gasteiger partial charge in [-0.2, -0.15) is 0 Å². The first-order valence-corrected chi connectivity index (χ1v) is 7.25. The fourth-order valence-electron chi connectivity index (χ4n) is 1.90. The summed E-state index contributed by atoms with van der Waals surface area (Å²) in [4.78, 5) is 0. The Morgan fingerprint density at radius 2 is 1.94 bits per heavy atom. The lowest BCUT2D eigenvalue weighted by molar-refractivity contribution is 1.23. The molecule has 0 saturated heterocycles. The summed E-state index contributed by atoms with van der Waals surface area (Å²) in [7, 11) is 0. The standard InChI is InChI=1S/C14H12I2/c1-3-4-8-12-10(2)11-7-5-6-9-13(11)14(12,15)16/h3-9H,2H2,1H3/b4-3-,12-8+. The van der Waals surface area contributed by atoms with Crippen molar-refractivity contribution in [3.05, 3.63) is 65.8 Å². The molecule has 0 fully saturated rings. The molecule has 2 rings (SSSR count). The molecule has 1 aromatic rings. The van der Waals surface area contributed by atoms with E-state index in [1.165, 1.54) is 16.7 Å². The third kappa shape index (κ3) is 1.90. The van der Waals surface area contributed by atoms with Gasteiger partial charge in [0.25, 0.3) is 0 Å². The molecule has 0 aliphatic heterocycles. The molecule has 0 spiro atoms. The second-order valence-corrected chi connectivity index (χ2v) is 9.01. The smallest absolute Gasteiger partial charge is 0.0908 e. The Kier molecular flexibility index (Phi) is 3.59. The number of allylic oxidation sites excluding steroid dienone is 5. The van der Waals surface area contributed by atoms with Crippen molar-refractivity contribution < 1.29 is 0 Å². The predicted octanol–water partition coefficient (Wildman–Crippen LogP) is 5.24. The number of hydrogen-bond acceptors (Lipinski definition) is 0. The lowest BCUT2D eigenvalue weighted by Gasteiger charge is -2.16. The van der Waals surface area contributed by atoms with Gasteiger partial charge in [-0.15, -0.1) is 0 Å². The Labute approximate surface area is 124 Å². The van der Waals surface area contributed by atoms with Gasteiger partial charge < -0.3 is 0 Å². The van der Waals surface area contributed by atoms with Gasteiger partial charge in [0.05, 0.1) is 0 Å². The number of hydrogen-bond donors (Lipinski definition) is 0. The van der Waals surface area contributed by atoms with Crippen LogP contribution < -0.4 is 0 Å². The maximum absolute atomic E-state index is 4.21. The van der Waals surface area contributed by atoms with Crippen molar-refractivity contribution in [2.75, 3.05) is 0 Å². The molecule has 0 nitrogen and oxygen atoms in total. The van der Waals surface area contributed by atoms with Crippen LogP contribution in [0.2, 0.25) is 0 Å². The van der Waals surface area contributed by atoms with Gasteiger partial charge in [-0.25, -0.2) is 0 Å². The summed E-state index contributed by atoms with van der Waals surface area (Å²) in [6, 6.07) is 8.51. The fraction of sp³-hybridized carbons (Fsp3) is 0.143. The van der Waals surface area contributed by atoms with Crippen LogP contribution >= 0.6 is 45.2 Å². The van der Waals surface area contributed by atoms with Gasteiger partial charge >= 0.3 is 0 Å². The first-order valence-electron chi connectivity index (χ1n) is 5.09. The first-order chi connectivity index (χ1) is 7.59. The zero-order chi connectivity index (χ0) is 11.8. The quantitative estimate of drug-likeness (QED) is 0.419. The van der Waals surface area contributed by atoms with Crippen molar-refractivity contribution in [2.45, 2.75) is 8.35 Å². The molecular weight excluding hydrogens is 422 g/mol. The van der Waals surface area contributed by atoms with E-state index in [1.54, 1.807) is 0 Å². The minimum atomic E-state index is 0.0166. The largest absolute Gasteiger partial charge is 0.124 e. The first kappa shape index (κ1) is 12.4. The second kappa shape index (κ2) is 4.64. The molecule has 0 heterocycles. The van der Waals surface area contributed by atoms with E-state index in [4.69, 9.17) is 0 Å². The monoisotopic (exact) mass is 434 g/mol. The molecule has 0 amide bonds. The molecule has 0 saturated carbocycles. The number of benzene rings is 1. The van der Waals surface area contributed by atoms with Crippen molar-refractivity contribution in [2.24, 2.45) is 0 Å². The van der Waals surface area contributed by atoms with Crippen molar-refractivity contribution in [3.63, 3.8) is 0 Å². The maximum Gasteiger partial charge on any atom is 0.124 e. The average molecular weight is 434 g/mol. The Morgan fingerprint density at radius 1 is 1.25 bits per heavy atom. The highest BCUT2D eigenvalue weighted by molar-refractivity contribution is 14.2. The molecule has 0 atom stereocenters. The van der Waals surface area contributed by atoms with Crippen LogP contribution in [0, 0.1) is 0 Å². The third-order valence-corrected chi connectivity index (χ3v) is 5.03. The van der Waals surface area contributed by atoms with Gasteiger partial charge in [-0.05, 0) is 29.2 Å². The van der Waals surface area contributed by atoms with E-state index in [1.807, 2.05) is 13.0 Å². The normalized spacial score (nSPS) is 20.7. The van der Waals surface area contributed by atoms with Gasteiger partial charge in [0, 0.05) is 0 Å². The van der Waals surface area contributed by atoms with Crippen LogP contribution in [0.15, 0.2) is 54.6 Å². The second-order valence-electron chi connectivity index (χ2n) is 3.70. The maximum atomic E-state index is 4.21. The molecule has 1 aliphatic rings. The van der Waals surface area contributed by atoms with Crippen LogP contribution in [0.1, 0.15) is 18.1 Å². The topological polar surface area (TPSA) is 0 Å². The summed E-state index contributed by atoms with van der Waals surface area (Å²) in [6.45, 7) is 6.25. The SMILES string of the molecule is C=C1/C(=C\C=C/C)C(I)(I)c2ccccc21. The summed E-state index contributed by atoms with van der Waals surface area (Å²) >= 11 is 5.00. The number of rotatable bonds is 1. The summed E-state index contributed by atoms with van der Waals surface area (Å²) in [5, 5.41) is 0. The molecule has 0 radical (unpaired) electrons. The molecule has 82 valence electrons. The lowest BCUT2D eigenvalue weighted by atomic mass is 10.1. The van der Waals surface area contributed by atoms with E-state index in [2.05, 4.69) is 88.2 Å². The molecule has 1 aliphatic carbocycles. The van der Waals surface area contributed by atoms with Crippen molar-refractivity contribution in [3.8, 4) is 0 Å². The Morgan fingerprint density at radius 3 is 2.56 bits per heavy atom. The Balaban J connectivity index is 2.62. The van der Waals surface area contributed by atoms with Gasteiger partial charge in [-0.3, -0.25) is 0 Å². The van der Waals surface area contributed by atoms with Crippen molar-refractivity contribution in [1.29, 1.82) is 0 Å². The van der Waals surface area contributed by atoms with E-state index < -0.39 is 0 Å². The minimum Gasteiger partial charge on any atom is -0.0908 e. The van der Waals surface area contributed by atoms with Crippen LogP contribution in [0.25, 0.3) is 5.57 Å². The number of fused-ring (bicyclic) bond motifs is 1. The van der Waals surface area contributed by atoms with Crippen molar-refractivity contribution in [1.82, 2.24) is 0 Å². The van der Waals surface area contributed by atoms with E-state index >= 15 is 0 Å². The molecule has 0 aromatic heterocycles. The minimum absolute atomic E-state index is 0.0166. The number of alkyl halides is 2. The van der Waals surface area contributed by atoms with Crippen LogP contribution in [0.4, 0.5) is 0 Å². The van der Waals surface area contributed by atoms with Crippen LogP contribution in [0.5, 0.6) is 0 Å². The molecule has 0 N–H and O–H groups in total. The summed E-state index contributed by atoms with van der Waals surface area (Å²) < 4.78 is 0.0166. The average Bonchev–Trinajstić information content (AvgIpc) is 2.46. The van der Waals surface area contributed by atoms with E-state index in [9.17, 15) is 0 Å². The van der Waals surface area contributed by atoms with Gasteiger partial charge in [-0.1, -0.05) is 94.3 Å². The summed E-state index contributed by atoms with van der Waals surface area (Å²) in [5.74, 6) is 0. The predicted molar refractivity (Wildman–Crippen MR) is 88.1 cm³/mol. The van der Waals surface area contributed by atoms with E-state index in [-0.39, 0.29) is 1.43 Å². The highest BCUT2D eigenvalue weighted by atomic mass is 127. The van der Waals surface area contributed by atoms with Crippen LogP contribution in [-0.2, 0) is 1.43 Å². The lowest BCUT2D eigenvalue weighted by Crippen LogP contribution is -2.05. The third-order valence-electron chi connectivity index (χ3n) is 2.71. The van der Waals surface area contributed by atoms with Crippen molar-refractivity contribution >= 4 is 50.8 Å². The van der Waals surface area contributed by atoms with Gasteiger partial charge in [0.1, 0.15) is 1.43 Å².